The molecule has 20 heavy (non-hydrogen) atoms. The molecule has 3 atom stereocenters. The van der Waals surface area contributed by atoms with E-state index in [0.717, 1.165) is 31.2 Å². The molecule has 112 valence electrons. The lowest BCUT2D eigenvalue weighted by Crippen LogP contribution is -2.30. The molecule has 1 aromatic rings. The van der Waals surface area contributed by atoms with Gasteiger partial charge in [0.05, 0.1) is 11.4 Å². The fourth-order valence-electron chi connectivity index (χ4n) is 3.08. The Morgan fingerprint density at radius 1 is 1.25 bits per heavy atom. The Morgan fingerprint density at radius 2 is 1.90 bits per heavy atom. The summed E-state index contributed by atoms with van der Waals surface area (Å²) < 4.78 is 23.4. The number of aliphatic hydroxyl groups excluding tert-OH is 1. The van der Waals surface area contributed by atoms with Crippen LogP contribution in [0.25, 0.3) is 0 Å². The Hall–Kier alpha value is -0.870. The molecule has 2 rings (SSSR count). The molecule has 0 spiro atoms. The van der Waals surface area contributed by atoms with Crippen molar-refractivity contribution < 1.29 is 13.5 Å². The fourth-order valence-corrected chi connectivity index (χ4v) is 4.27. The Labute approximate surface area is 121 Å². The molecule has 0 saturated heterocycles. The molecule has 1 saturated carbocycles. The number of sulfone groups is 1. The summed E-state index contributed by atoms with van der Waals surface area (Å²) in [5, 5.41) is 10.2. The minimum atomic E-state index is -3.00. The van der Waals surface area contributed by atoms with E-state index >= 15 is 0 Å². The summed E-state index contributed by atoms with van der Waals surface area (Å²) in [7, 11) is -3.00. The van der Waals surface area contributed by atoms with Crippen molar-refractivity contribution in [2.24, 2.45) is 5.92 Å². The summed E-state index contributed by atoms with van der Waals surface area (Å²) in [6.07, 6.45) is 4.84. The molecule has 0 amide bonds. The minimum Gasteiger partial charge on any atom is -0.388 e. The van der Waals surface area contributed by atoms with E-state index in [-0.39, 0.29) is 11.2 Å². The Kier molecular flexibility index (Phi) is 4.86. The van der Waals surface area contributed by atoms with Crippen molar-refractivity contribution in [2.75, 3.05) is 6.26 Å². The zero-order valence-electron chi connectivity index (χ0n) is 12.2. The molecule has 0 aromatic heterocycles. The van der Waals surface area contributed by atoms with Gasteiger partial charge in [0.25, 0.3) is 0 Å². The summed E-state index contributed by atoms with van der Waals surface area (Å²) in [6, 6.07) is 8.01. The first-order valence-corrected chi connectivity index (χ1v) is 9.33. The third kappa shape index (κ3) is 3.61. The molecule has 0 aliphatic heterocycles. The van der Waals surface area contributed by atoms with Gasteiger partial charge in [-0.1, -0.05) is 37.6 Å². The number of aryl methyl sites for hydroxylation is 1. The number of hydrogen-bond acceptors (Lipinski definition) is 3. The highest BCUT2D eigenvalue weighted by molar-refractivity contribution is 7.91. The van der Waals surface area contributed by atoms with Crippen LogP contribution in [0, 0.1) is 5.92 Å². The van der Waals surface area contributed by atoms with Gasteiger partial charge >= 0.3 is 0 Å². The van der Waals surface area contributed by atoms with E-state index in [1.54, 1.807) is 0 Å². The molecule has 4 heteroatoms. The van der Waals surface area contributed by atoms with E-state index in [0.29, 0.717) is 6.42 Å². The Balaban J connectivity index is 2.09. The van der Waals surface area contributed by atoms with Crippen LogP contribution in [0.4, 0.5) is 0 Å². The first-order valence-electron chi connectivity index (χ1n) is 7.37. The van der Waals surface area contributed by atoms with E-state index < -0.39 is 15.9 Å². The SMILES string of the molecule is CCc1ccc(C(O)C2CCCC(S(C)(=O)=O)C2)cc1. The predicted octanol–water partition coefficient (Wildman–Crippen LogP) is 2.89. The predicted molar refractivity (Wildman–Crippen MR) is 81.4 cm³/mol. The van der Waals surface area contributed by atoms with Crippen molar-refractivity contribution in [2.45, 2.75) is 50.4 Å². The molecule has 0 radical (unpaired) electrons. The molecule has 0 bridgehead atoms. The number of benzene rings is 1. The summed E-state index contributed by atoms with van der Waals surface area (Å²) in [5.74, 6) is 0.0518. The van der Waals surface area contributed by atoms with Gasteiger partial charge in [0, 0.05) is 6.26 Å². The Bertz CT molecular complexity index is 533. The van der Waals surface area contributed by atoms with Gasteiger partial charge in [0.1, 0.15) is 9.84 Å². The molecule has 1 aromatic carbocycles. The van der Waals surface area contributed by atoms with Crippen LogP contribution < -0.4 is 0 Å². The first-order chi connectivity index (χ1) is 9.41. The number of rotatable bonds is 4. The van der Waals surface area contributed by atoms with E-state index in [4.69, 9.17) is 0 Å². The molecule has 1 aliphatic carbocycles. The van der Waals surface area contributed by atoms with Gasteiger partial charge in [-0.15, -0.1) is 0 Å². The van der Waals surface area contributed by atoms with Gasteiger partial charge in [0.15, 0.2) is 0 Å². The molecule has 3 nitrogen and oxygen atoms in total. The highest BCUT2D eigenvalue weighted by atomic mass is 32.2. The van der Waals surface area contributed by atoms with Crippen LogP contribution in [0.1, 0.15) is 49.8 Å². The van der Waals surface area contributed by atoms with Crippen molar-refractivity contribution >= 4 is 9.84 Å². The Morgan fingerprint density at radius 3 is 2.45 bits per heavy atom. The van der Waals surface area contributed by atoms with Crippen LogP contribution in [0.3, 0.4) is 0 Å². The smallest absolute Gasteiger partial charge is 0.150 e. The second-order valence-corrected chi connectivity index (χ2v) is 8.24. The normalized spacial score (nSPS) is 25.4. The van der Waals surface area contributed by atoms with Crippen molar-refractivity contribution in [3.63, 3.8) is 0 Å². The molecular formula is C16H24O3S. The summed E-state index contributed by atoms with van der Waals surface area (Å²) in [4.78, 5) is 0. The maximum absolute atomic E-state index is 11.7. The van der Waals surface area contributed by atoms with Gasteiger partial charge in [0.2, 0.25) is 0 Å². The van der Waals surface area contributed by atoms with Crippen LogP contribution in [-0.2, 0) is 16.3 Å². The topological polar surface area (TPSA) is 54.4 Å². The first kappa shape index (κ1) is 15.5. The van der Waals surface area contributed by atoms with Crippen LogP contribution in [0.2, 0.25) is 0 Å². The number of aliphatic hydroxyl groups is 1. The molecule has 1 fully saturated rings. The summed E-state index contributed by atoms with van der Waals surface area (Å²) >= 11 is 0. The second kappa shape index (κ2) is 6.27. The average molecular weight is 296 g/mol. The fraction of sp³-hybridized carbons (Fsp3) is 0.625. The lowest BCUT2D eigenvalue weighted by Gasteiger charge is -2.31. The van der Waals surface area contributed by atoms with Crippen molar-refractivity contribution in [1.29, 1.82) is 0 Å². The van der Waals surface area contributed by atoms with Crippen molar-refractivity contribution in [1.82, 2.24) is 0 Å². The van der Waals surface area contributed by atoms with Crippen molar-refractivity contribution in [3.8, 4) is 0 Å². The zero-order chi connectivity index (χ0) is 14.8. The van der Waals surface area contributed by atoms with Gasteiger partial charge < -0.3 is 5.11 Å². The lowest BCUT2D eigenvalue weighted by atomic mass is 9.82. The van der Waals surface area contributed by atoms with E-state index in [2.05, 4.69) is 6.92 Å². The molecule has 0 heterocycles. The highest BCUT2D eigenvalue weighted by Crippen LogP contribution is 2.36. The van der Waals surface area contributed by atoms with Crippen LogP contribution >= 0.6 is 0 Å². The minimum absolute atomic E-state index is 0.0518. The van der Waals surface area contributed by atoms with E-state index in [1.807, 2.05) is 24.3 Å². The molecule has 3 unspecified atom stereocenters. The maximum Gasteiger partial charge on any atom is 0.150 e. The standard InChI is InChI=1S/C16H24O3S/c1-3-12-7-9-13(10-8-12)16(17)14-5-4-6-15(11-14)20(2,18)19/h7-10,14-17H,3-6,11H2,1-2H3. The van der Waals surface area contributed by atoms with E-state index in [1.165, 1.54) is 11.8 Å². The largest absolute Gasteiger partial charge is 0.388 e. The van der Waals surface area contributed by atoms with Crippen LogP contribution in [0.15, 0.2) is 24.3 Å². The van der Waals surface area contributed by atoms with Gasteiger partial charge in [-0.3, -0.25) is 0 Å². The zero-order valence-corrected chi connectivity index (χ0v) is 13.1. The van der Waals surface area contributed by atoms with Gasteiger partial charge in [-0.05, 0) is 42.7 Å². The second-order valence-electron chi connectivity index (χ2n) is 5.92. The molecule has 1 aliphatic rings. The third-order valence-electron chi connectivity index (χ3n) is 4.45. The monoisotopic (exact) mass is 296 g/mol. The summed E-state index contributed by atoms with van der Waals surface area (Å²) in [6.45, 7) is 2.10. The maximum atomic E-state index is 11.7. The number of hydrogen-bond donors (Lipinski definition) is 1. The summed E-state index contributed by atoms with van der Waals surface area (Å²) in [5.41, 5.74) is 2.15. The highest BCUT2D eigenvalue weighted by Gasteiger charge is 2.32. The average Bonchev–Trinajstić information content (AvgIpc) is 2.46. The van der Waals surface area contributed by atoms with Gasteiger partial charge in [-0.2, -0.15) is 0 Å². The molecular weight excluding hydrogens is 272 g/mol. The van der Waals surface area contributed by atoms with E-state index in [9.17, 15) is 13.5 Å². The molecule has 1 N–H and O–H groups in total. The quantitative estimate of drug-likeness (QED) is 0.929. The van der Waals surface area contributed by atoms with Crippen LogP contribution in [0.5, 0.6) is 0 Å². The third-order valence-corrected chi connectivity index (χ3v) is 6.09. The van der Waals surface area contributed by atoms with Crippen LogP contribution in [-0.4, -0.2) is 25.0 Å². The van der Waals surface area contributed by atoms with Gasteiger partial charge in [-0.25, -0.2) is 8.42 Å². The van der Waals surface area contributed by atoms with Crippen molar-refractivity contribution in [3.05, 3.63) is 35.4 Å². The lowest BCUT2D eigenvalue weighted by molar-refractivity contribution is 0.0857.